The predicted molar refractivity (Wildman–Crippen MR) is 84.9 cm³/mol. The fourth-order valence-electron chi connectivity index (χ4n) is 2.11. The molecule has 0 radical (unpaired) electrons. The summed E-state index contributed by atoms with van der Waals surface area (Å²) in [4.78, 5) is 0.306. The van der Waals surface area contributed by atoms with Crippen LogP contribution in [0.4, 0.5) is 5.69 Å². The minimum atomic E-state index is -3.40. The topological polar surface area (TPSA) is 80.1 Å². The number of benzene rings is 1. The Kier molecular flexibility index (Phi) is 5.15. The van der Waals surface area contributed by atoms with Crippen molar-refractivity contribution in [2.75, 3.05) is 18.4 Å². The molecule has 1 heterocycles. The molecule has 0 unspecified atom stereocenters. The van der Waals surface area contributed by atoms with E-state index < -0.39 is 10.0 Å². The Morgan fingerprint density at radius 2 is 1.82 bits per heavy atom. The van der Waals surface area contributed by atoms with Crippen LogP contribution >= 0.6 is 0 Å². The molecule has 0 saturated heterocycles. The maximum Gasteiger partial charge on any atom is 0.243 e. The Balaban J connectivity index is 2.09. The van der Waals surface area contributed by atoms with Gasteiger partial charge in [-0.2, -0.15) is 4.31 Å². The molecule has 1 aromatic heterocycles. The number of nitrogens with one attached hydrogen (secondary N) is 1. The van der Waals surface area contributed by atoms with Crippen LogP contribution in [0.2, 0.25) is 0 Å². The molecule has 8 heteroatoms. The molecule has 0 fully saturated rings. The van der Waals surface area contributed by atoms with E-state index in [-0.39, 0.29) is 0 Å². The highest BCUT2D eigenvalue weighted by Crippen LogP contribution is 2.18. The second-order valence-electron chi connectivity index (χ2n) is 4.83. The van der Waals surface area contributed by atoms with Gasteiger partial charge in [0.05, 0.1) is 11.4 Å². The van der Waals surface area contributed by atoms with Crippen LogP contribution in [0.1, 0.15) is 19.7 Å². The van der Waals surface area contributed by atoms with E-state index in [0.29, 0.717) is 24.5 Å². The fraction of sp³-hybridized carbons (Fsp3) is 0.429. The van der Waals surface area contributed by atoms with Gasteiger partial charge in [-0.3, -0.25) is 0 Å². The first-order valence-electron chi connectivity index (χ1n) is 7.16. The van der Waals surface area contributed by atoms with Gasteiger partial charge >= 0.3 is 0 Å². The van der Waals surface area contributed by atoms with Crippen LogP contribution in [0.5, 0.6) is 0 Å². The average Bonchev–Trinajstić information content (AvgIpc) is 2.92. The third-order valence-corrected chi connectivity index (χ3v) is 5.52. The van der Waals surface area contributed by atoms with Gasteiger partial charge in [-0.1, -0.05) is 13.8 Å². The number of hydrogen-bond donors (Lipinski definition) is 1. The highest BCUT2D eigenvalue weighted by molar-refractivity contribution is 7.89. The lowest BCUT2D eigenvalue weighted by atomic mass is 10.3. The standard InChI is InChI=1S/C14H21N5O2S/c1-4-19(5-2)22(20,21)13-8-6-12(7-9-13)15-10-14-17-16-11-18(14)3/h6-9,11,15H,4-5,10H2,1-3H3. The number of nitrogens with zero attached hydrogens (tertiary/aromatic N) is 4. The third kappa shape index (κ3) is 3.45. The zero-order chi connectivity index (χ0) is 16.2. The molecule has 0 bridgehead atoms. The quantitative estimate of drug-likeness (QED) is 0.834. The van der Waals surface area contributed by atoms with Crippen molar-refractivity contribution in [3.8, 4) is 0 Å². The molecule has 1 aromatic carbocycles. The van der Waals surface area contributed by atoms with E-state index in [0.717, 1.165) is 11.5 Å². The second kappa shape index (κ2) is 6.89. The third-order valence-electron chi connectivity index (χ3n) is 3.45. The summed E-state index contributed by atoms with van der Waals surface area (Å²) in [5, 5.41) is 11.0. The number of hydrogen-bond acceptors (Lipinski definition) is 5. The van der Waals surface area contributed by atoms with Gasteiger partial charge in [-0.25, -0.2) is 8.42 Å². The van der Waals surface area contributed by atoms with Gasteiger partial charge in [0.25, 0.3) is 0 Å². The summed E-state index contributed by atoms with van der Waals surface area (Å²) >= 11 is 0. The van der Waals surface area contributed by atoms with Crippen LogP contribution in [0.15, 0.2) is 35.5 Å². The summed E-state index contributed by atoms with van der Waals surface area (Å²) in [7, 11) is -1.53. The molecule has 0 aliphatic rings. The monoisotopic (exact) mass is 323 g/mol. The molecular weight excluding hydrogens is 302 g/mol. The lowest BCUT2D eigenvalue weighted by molar-refractivity contribution is 0.445. The van der Waals surface area contributed by atoms with Gasteiger partial charge in [0.1, 0.15) is 6.33 Å². The van der Waals surface area contributed by atoms with Crippen LogP contribution in [0.3, 0.4) is 0 Å². The summed E-state index contributed by atoms with van der Waals surface area (Å²) in [6.45, 7) is 5.12. The molecule has 2 rings (SSSR count). The summed E-state index contributed by atoms with van der Waals surface area (Å²) in [6.07, 6.45) is 1.64. The fourth-order valence-corrected chi connectivity index (χ4v) is 3.56. The molecule has 0 atom stereocenters. The highest BCUT2D eigenvalue weighted by atomic mass is 32.2. The number of aryl methyl sites for hydroxylation is 1. The highest BCUT2D eigenvalue weighted by Gasteiger charge is 2.21. The van der Waals surface area contributed by atoms with Crippen LogP contribution in [-0.4, -0.2) is 40.6 Å². The molecule has 0 aliphatic carbocycles. The Labute approximate surface area is 131 Å². The minimum absolute atomic E-state index is 0.306. The molecule has 22 heavy (non-hydrogen) atoms. The van der Waals surface area contributed by atoms with Gasteiger partial charge < -0.3 is 9.88 Å². The van der Waals surface area contributed by atoms with Gasteiger partial charge in [-0.15, -0.1) is 10.2 Å². The Bertz CT molecular complexity index is 705. The Hall–Kier alpha value is -1.93. The van der Waals surface area contributed by atoms with E-state index in [1.54, 1.807) is 30.6 Å². The van der Waals surface area contributed by atoms with Gasteiger partial charge in [0, 0.05) is 25.8 Å². The van der Waals surface area contributed by atoms with Crippen LogP contribution in [0, 0.1) is 0 Å². The van der Waals surface area contributed by atoms with E-state index in [1.807, 2.05) is 25.5 Å². The van der Waals surface area contributed by atoms with Crippen molar-refractivity contribution in [2.24, 2.45) is 7.05 Å². The van der Waals surface area contributed by atoms with Crippen molar-refractivity contribution in [1.29, 1.82) is 0 Å². The number of sulfonamides is 1. The van der Waals surface area contributed by atoms with E-state index in [9.17, 15) is 8.42 Å². The van der Waals surface area contributed by atoms with E-state index in [1.165, 1.54) is 4.31 Å². The number of rotatable bonds is 7. The maximum atomic E-state index is 12.4. The smallest absolute Gasteiger partial charge is 0.243 e. The zero-order valence-corrected chi connectivity index (χ0v) is 13.8. The molecule has 1 N–H and O–H groups in total. The van der Waals surface area contributed by atoms with Crippen molar-refractivity contribution in [3.63, 3.8) is 0 Å². The lowest BCUT2D eigenvalue weighted by Gasteiger charge is -2.18. The second-order valence-corrected chi connectivity index (χ2v) is 6.76. The first-order chi connectivity index (χ1) is 10.5. The Morgan fingerprint density at radius 3 is 2.32 bits per heavy atom. The first kappa shape index (κ1) is 16.4. The van der Waals surface area contributed by atoms with Gasteiger partial charge in [-0.05, 0) is 24.3 Å². The number of anilines is 1. The van der Waals surface area contributed by atoms with E-state index in [4.69, 9.17) is 0 Å². The summed E-state index contributed by atoms with van der Waals surface area (Å²) in [5.41, 5.74) is 0.835. The molecule has 0 saturated carbocycles. The summed E-state index contributed by atoms with van der Waals surface area (Å²) < 4.78 is 28.0. The van der Waals surface area contributed by atoms with Crippen LogP contribution < -0.4 is 5.32 Å². The van der Waals surface area contributed by atoms with Crippen LogP contribution in [-0.2, 0) is 23.6 Å². The van der Waals surface area contributed by atoms with Gasteiger partial charge in [0.15, 0.2) is 5.82 Å². The van der Waals surface area contributed by atoms with E-state index in [2.05, 4.69) is 15.5 Å². The van der Waals surface area contributed by atoms with Crippen molar-refractivity contribution in [1.82, 2.24) is 19.1 Å². The van der Waals surface area contributed by atoms with Crippen molar-refractivity contribution >= 4 is 15.7 Å². The summed E-state index contributed by atoms with van der Waals surface area (Å²) in [5.74, 6) is 0.805. The molecule has 120 valence electrons. The van der Waals surface area contributed by atoms with E-state index >= 15 is 0 Å². The first-order valence-corrected chi connectivity index (χ1v) is 8.60. The molecule has 0 amide bonds. The average molecular weight is 323 g/mol. The minimum Gasteiger partial charge on any atom is -0.378 e. The maximum absolute atomic E-state index is 12.4. The van der Waals surface area contributed by atoms with Gasteiger partial charge in [0.2, 0.25) is 10.0 Å². The van der Waals surface area contributed by atoms with Crippen molar-refractivity contribution in [3.05, 3.63) is 36.4 Å². The predicted octanol–water partition coefficient (Wildman–Crippen LogP) is 1.46. The largest absolute Gasteiger partial charge is 0.378 e. The summed E-state index contributed by atoms with van der Waals surface area (Å²) in [6, 6.07) is 6.75. The molecule has 7 nitrogen and oxygen atoms in total. The zero-order valence-electron chi connectivity index (χ0n) is 13.0. The van der Waals surface area contributed by atoms with Crippen molar-refractivity contribution in [2.45, 2.75) is 25.3 Å². The van der Waals surface area contributed by atoms with Crippen LogP contribution in [0.25, 0.3) is 0 Å². The molecule has 0 spiro atoms. The lowest BCUT2D eigenvalue weighted by Crippen LogP contribution is -2.30. The SMILES string of the molecule is CCN(CC)S(=O)(=O)c1ccc(NCc2nncn2C)cc1. The molecular formula is C14H21N5O2S. The molecule has 0 aliphatic heterocycles. The molecule has 2 aromatic rings. The van der Waals surface area contributed by atoms with Crippen molar-refractivity contribution < 1.29 is 8.42 Å². The Morgan fingerprint density at radius 1 is 1.18 bits per heavy atom. The number of aromatic nitrogens is 3. The normalized spacial score (nSPS) is 11.8.